The Morgan fingerprint density at radius 1 is 1.17 bits per heavy atom. The second-order valence-corrected chi connectivity index (χ2v) is 9.10. The first-order valence-electron chi connectivity index (χ1n) is 10.5. The van der Waals surface area contributed by atoms with Gasteiger partial charge in [0, 0.05) is 10.6 Å². The highest BCUT2D eigenvalue weighted by Gasteiger charge is 2.59. The number of hydrogen-bond acceptors (Lipinski definition) is 3. The van der Waals surface area contributed by atoms with E-state index in [-0.39, 0.29) is 6.03 Å². The molecule has 2 aromatic rings. The molecular weight excluding hydrogens is 398 g/mol. The van der Waals surface area contributed by atoms with Crippen LogP contribution >= 0.6 is 11.6 Å². The van der Waals surface area contributed by atoms with Crippen LogP contribution in [-0.4, -0.2) is 18.0 Å². The molecule has 0 aromatic heterocycles. The molecule has 0 radical (unpaired) electrons. The number of halogens is 1. The fourth-order valence-corrected chi connectivity index (χ4v) is 5.07. The summed E-state index contributed by atoms with van der Waals surface area (Å²) in [5, 5.41) is 10.8. The van der Waals surface area contributed by atoms with Gasteiger partial charge in [0.2, 0.25) is 0 Å². The van der Waals surface area contributed by atoms with Gasteiger partial charge in [0.05, 0.1) is 24.9 Å². The quantitative estimate of drug-likeness (QED) is 0.564. The molecule has 0 N–H and O–H groups in total. The van der Waals surface area contributed by atoms with Crippen molar-refractivity contribution in [3.8, 4) is 11.9 Å². The number of amides is 2. The van der Waals surface area contributed by atoms with E-state index in [0.717, 1.165) is 41.8 Å². The van der Waals surface area contributed by atoms with E-state index < -0.39 is 5.54 Å². The highest BCUT2D eigenvalue weighted by Crippen LogP contribution is 2.59. The summed E-state index contributed by atoms with van der Waals surface area (Å²) in [5.41, 5.74) is 2.31. The van der Waals surface area contributed by atoms with Crippen LogP contribution in [0.25, 0.3) is 0 Å². The minimum Gasteiger partial charge on any atom is -0.497 e. The van der Waals surface area contributed by atoms with Crippen molar-refractivity contribution < 1.29 is 9.53 Å². The maximum atomic E-state index is 13.7. The third-order valence-electron chi connectivity index (χ3n) is 6.69. The molecule has 1 heterocycles. The number of benzene rings is 2. The summed E-state index contributed by atoms with van der Waals surface area (Å²) in [6.07, 6.45) is 7.56. The molecule has 0 bridgehead atoms. The Bertz CT molecular complexity index is 1020. The first-order chi connectivity index (χ1) is 14.6. The van der Waals surface area contributed by atoms with Crippen LogP contribution in [0.1, 0.15) is 43.2 Å². The van der Waals surface area contributed by atoms with Gasteiger partial charge in [0.1, 0.15) is 5.75 Å². The van der Waals surface area contributed by atoms with Crippen LogP contribution in [0.2, 0.25) is 5.02 Å². The molecule has 3 aliphatic rings. The van der Waals surface area contributed by atoms with Crippen LogP contribution in [0.5, 0.6) is 5.75 Å². The van der Waals surface area contributed by atoms with Crippen molar-refractivity contribution >= 4 is 23.3 Å². The third kappa shape index (κ3) is 3.11. The van der Waals surface area contributed by atoms with Gasteiger partial charge in [0.15, 0.2) is 6.19 Å². The summed E-state index contributed by atoms with van der Waals surface area (Å²) >= 11 is 6.43. The van der Waals surface area contributed by atoms with Gasteiger partial charge in [-0.2, -0.15) is 5.26 Å². The van der Waals surface area contributed by atoms with Gasteiger partial charge in [-0.1, -0.05) is 36.6 Å². The monoisotopic (exact) mass is 421 g/mol. The summed E-state index contributed by atoms with van der Waals surface area (Å²) in [4.78, 5) is 16.8. The van der Waals surface area contributed by atoms with Crippen molar-refractivity contribution in [2.24, 2.45) is 11.8 Å². The summed E-state index contributed by atoms with van der Waals surface area (Å²) in [5.74, 6) is 1.67. The van der Waals surface area contributed by atoms with Crippen molar-refractivity contribution in [1.29, 1.82) is 5.26 Å². The summed E-state index contributed by atoms with van der Waals surface area (Å²) in [7, 11) is 1.63. The number of nitrogens with zero attached hydrogens (tertiary/aromatic N) is 3. The molecule has 0 saturated heterocycles. The normalized spacial score (nSPS) is 23.2. The van der Waals surface area contributed by atoms with Crippen LogP contribution in [-0.2, 0) is 12.1 Å². The highest BCUT2D eigenvalue weighted by atomic mass is 35.5. The predicted molar refractivity (Wildman–Crippen MR) is 115 cm³/mol. The second kappa shape index (κ2) is 7.21. The van der Waals surface area contributed by atoms with E-state index in [0.29, 0.717) is 23.4 Å². The van der Waals surface area contributed by atoms with E-state index in [1.54, 1.807) is 12.0 Å². The summed E-state index contributed by atoms with van der Waals surface area (Å²) in [6, 6.07) is 13.2. The van der Waals surface area contributed by atoms with Crippen molar-refractivity contribution in [3.05, 3.63) is 58.6 Å². The Morgan fingerprint density at radius 2 is 1.90 bits per heavy atom. The molecule has 30 heavy (non-hydrogen) atoms. The fourth-order valence-electron chi connectivity index (χ4n) is 4.90. The van der Waals surface area contributed by atoms with Gasteiger partial charge < -0.3 is 4.74 Å². The van der Waals surface area contributed by atoms with Crippen LogP contribution in [0.3, 0.4) is 0 Å². The topological polar surface area (TPSA) is 56.6 Å². The molecule has 5 rings (SSSR count). The van der Waals surface area contributed by atoms with Gasteiger partial charge in [0.25, 0.3) is 0 Å². The Labute approximate surface area is 181 Å². The van der Waals surface area contributed by atoms with E-state index >= 15 is 0 Å². The molecule has 1 atom stereocenters. The van der Waals surface area contributed by atoms with Crippen LogP contribution in [0, 0.1) is 23.3 Å². The third-order valence-corrected chi connectivity index (χ3v) is 6.92. The molecule has 1 aliphatic heterocycles. The van der Waals surface area contributed by atoms with Gasteiger partial charge in [-0.3, -0.25) is 4.90 Å². The molecule has 2 saturated carbocycles. The number of hydrogen-bond donors (Lipinski definition) is 0. The minimum atomic E-state index is -0.566. The Morgan fingerprint density at radius 3 is 2.50 bits per heavy atom. The van der Waals surface area contributed by atoms with Gasteiger partial charge >= 0.3 is 6.03 Å². The average molecular weight is 422 g/mol. The lowest BCUT2D eigenvalue weighted by Crippen LogP contribution is -2.58. The number of anilines is 1. The number of rotatable bonds is 6. The molecule has 6 heteroatoms. The van der Waals surface area contributed by atoms with Crippen LogP contribution in [0.15, 0.2) is 42.5 Å². The zero-order chi connectivity index (χ0) is 20.9. The lowest BCUT2D eigenvalue weighted by atomic mass is 9.76. The lowest BCUT2D eigenvalue weighted by molar-refractivity contribution is 0.119. The van der Waals surface area contributed by atoms with E-state index in [1.165, 1.54) is 17.7 Å². The minimum absolute atomic E-state index is 0.240. The van der Waals surface area contributed by atoms with Gasteiger partial charge in [-0.05, 0) is 67.0 Å². The van der Waals surface area contributed by atoms with Crippen LogP contribution < -0.4 is 9.64 Å². The first kappa shape index (κ1) is 19.3. The molecule has 2 aromatic carbocycles. The molecule has 5 nitrogen and oxygen atoms in total. The molecule has 2 aliphatic carbocycles. The van der Waals surface area contributed by atoms with E-state index in [2.05, 4.69) is 6.19 Å². The number of fused-ring (bicyclic) bond motifs is 1. The maximum absolute atomic E-state index is 13.7. The second-order valence-electron chi connectivity index (χ2n) is 8.66. The molecule has 0 spiro atoms. The number of carbonyl (C=O) groups excluding carboxylic acids is 1. The standard InChI is InChI=1S/C24H24ClN3O2/c1-30-20-9-4-17(5-10-20)14-27-22-11-8-19(25)12-21(22)24(18-6-7-18,13-16-2-3-16)28(15-26)23(27)29/h4-5,8-12,16,18H,2-3,6-7,13-14H2,1H3. The summed E-state index contributed by atoms with van der Waals surface area (Å²) in [6.45, 7) is 0.389. The Kier molecular flexibility index (Phi) is 4.63. The van der Waals surface area contributed by atoms with E-state index in [4.69, 9.17) is 16.3 Å². The van der Waals surface area contributed by atoms with Crippen LogP contribution in [0.4, 0.5) is 10.5 Å². The molecular formula is C24H24ClN3O2. The van der Waals surface area contributed by atoms with E-state index in [9.17, 15) is 10.1 Å². The predicted octanol–water partition coefficient (Wildman–Crippen LogP) is 5.68. The average Bonchev–Trinajstić information content (AvgIpc) is 3.66. The number of carbonyl (C=O) groups is 1. The fraction of sp³-hybridized carbons (Fsp3) is 0.417. The van der Waals surface area contributed by atoms with Crippen molar-refractivity contribution in [3.63, 3.8) is 0 Å². The smallest absolute Gasteiger partial charge is 0.338 e. The number of methoxy groups -OCH3 is 1. The molecule has 1 unspecified atom stereocenters. The lowest BCUT2D eigenvalue weighted by Gasteiger charge is -2.48. The SMILES string of the molecule is COc1ccc(CN2C(=O)N(C#N)C(CC3CC3)(C3CC3)c3cc(Cl)ccc32)cc1. The molecule has 154 valence electrons. The number of urea groups is 1. The Hall–Kier alpha value is -2.71. The maximum Gasteiger partial charge on any atom is 0.338 e. The van der Waals surface area contributed by atoms with Crippen molar-refractivity contribution in [2.45, 2.75) is 44.2 Å². The number of nitriles is 1. The zero-order valence-electron chi connectivity index (χ0n) is 17.0. The molecule has 2 fully saturated rings. The van der Waals surface area contributed by atoms with Crippen molar-refractivity contribution in [2.75, 3.05) is 12.0 Å². The largest absolute Gasteiger partial charge is 0.497 e. The first-order valence-corrected chi connectivity index (χ1v) is 10.9. The summed E-state index contributed by atoms with van der Waals surface area (Å²) < 4.78 is 5.24. The van der Waals surface area contributed by atoms with Gasteiger partial charge in [-0.15, -0.1) is 0 Å². The highest BCUT2D eigenvalue weighted by molar-refractivity contribution is 6.30. The number of ether oxygens (including phenoxy) is 1. The van der Waals surface area contributed by atoms with Crippen molar-refractivity contribution in [1.82, 2.24) is 4.90 Å². The zero-order valence-corrected chi connectivity index (χ0v) is 17.7. The van der Waals surface area contributed by atoms with Gasteiger partial charge in [-0.25, -0.2) is 9.69 Å². The molecule has 2 amide bonds. The Balaban J connectivity index is 1.61. The van der Waals surface area contributed by atoms with E-state index in [1.807, 2.05) is 42.5 Å².